The van der Waals surface area contributed by atoms with Crippen molar-refractivity contribution in [2.24, 2.45) is 16.5 Å². The highest BCUT2D eigenvalue weighted by atomic mass is 32.2. The lowest BCUT2D eigenvalue weighted by atomic mass is 9.94. The number of hydrogen-bond acceptors (Lipinski definition) is 5. The molecule has 0 bridgehead atoms. The van der Waals surface area contributed by atoms with Gasteiger partial charge in [-0.25, -0.2) is 8.42 Å². The van der Waals surface area contributed by atoms with Gasteiger partial charge in [-0.1, -0.05) is 30.3 Å². The van der Waals surface area contributed by atoms with E-state index in [1.807, 2.05) is 0 Å². The second kappa shape index (κ2) is 10.7. The molecule has 1 atom stereocenters. The van der Waals surface area contributed by atoms with Crippen molar-refractivity contribution in [2.75, 3.05) is 6.61 Å². The first kappa shape index (κ1) is 24.8. The van der Waals surface area contributed by atoms with Crippen molar-refractivity contribution in [3.05, 3.63) is 60.2 Å². The van der Waals surface area contributed by atoms with E-state index in [1.165, 1.54) is 19.1 Å². The van der Waals surface area contributed by atoms with Crippen LogP contribution in [0.15, 0.2) is 64.5 Å². The predicted molar refractivity (Wildman–Crippen MR) is 118 cm³/mol. The first-order valence-electron chi connectivity index (χ1n) is 9.68. The molecule has 0 aliphatic heterocycles. The quantitative estimate of drug-likeness (QED) is 0.217. The Hall–Kier alpha value is -3.44. The van der Waals surface area contributed by atoms with Gasteiger partial charge >= 0.3 is 5.97 Å². The van der Waals surface area contributed by atoms with Crippen molar-refractivity contribution >= 4 is 27.9 Å². The zero-order valence-electron chi connectivity index (χ0n) is 17.5. The number of nitrogens with two attached hydrogens (primary N) is 2. The summed E-state index contributed by atoms with van der Waals surface area (Å²) in [4.78, 5) is 26.7. The number of carboxylic acid groups (broad SMARTS) is 1. The summed E-state index contributed by atoms with van der Waals surface area (Å²) in [5, 5.41) is 9.70. The Bertz CT molecular complexity index is 1070. The molecule has 0 heterocycles. The molecule has 1 amide bonds. The fourth-order valence-electron chi connectivity index (χ4n) is 2.84. The SMILES string of the molecule is C[C@@](Cc1ccc(OCCCC(=O)N=C(N)N)cc1)(NS(=O)(=O)c1ccccc1)C(=O)O. The van der Waals surface area contributed by atoms with E-state index in [4.69, 9.17) is 16.2 Å². The lowest BCUT2D eigenvalue weighted by Gasteiger charge is -2.26. The Morgan fingerprint density at radius 3 is 2.28 bits per heavy atom. The minimum atomic E-state index is -4.03. The molecular formula is C21H26N4O6S. The summed E-state index contributed by atoms with van der Waals surface area (Å²) < 4.78 is 33.1. The standard InChI is InChI=1S/C21H26N4O6S/c1-21(19(27)28,25-32(29,30)17-6-3-2-4-7-17)14-15-9-11-16(12-10-15)31-13-5-8-18(26)24-20(22)23/h2-4,6-7,9-12,25H,5,8,13-14H2,1H3,(H,27,28)(H4,22,23,24,26)/t21-/m0/s1. The Kier molecular flexibility index (Phi) is 8.33. The number of aliphatic carboxylic acids is 1. The van der Waals surface area contributed by atoms with Gasteiger partial charge in [0.15, 0.2) is 5.96 Å². The van der Waals surface area contributed by atoms with Gasteiger partial charge < -0.3 is 21.3 Å². The highest BCUT2D eigenvalue weighted by Crippen LogP contribution is 2.21. The van der Waals surface area contributed by atoms with E-state index in [1.54, 1.807) is 42.5 Å². The average Bonchev–Trinajstić information content (AvgIpc) is 2.72. The number of nitrogens with one attached hydrogen (secondary N) is 1. The number of rotatable bonds is 11. The zero-order valence-corrected chi connectivity index (χ0v) is 18.3. The van der Waals surface area contributed by atoms with Crippen LogP contribution >= 0.6 is 0 Å². The van der Waals surface area contributed by atoms with Gasteiger partial charge in [-0.2, -0.15) is 9.71 Å². The van der Waals surface area contributed by atoms with E-state index < -0.39 is 27.4 Å². The van der Waals surface area contributed by atoms with Gasteiger partial charge in [-0.15, -0.1) is 0 Å². The van der Waals surface area contributed by atoms with Crippen LogP contribution in [0.4, 0.5) is 0 Å². The first-order chi connectivity index (χ1) is 15.0. The Morgan fingerprint density at radius 1 is 1.09 bits per heavy atom. The van der Waals surface area contributed by atoms with Gasteiger partial charge in [0.05, 0.1) is 11.5 Å². The predicted octanol–water partition coefficient (Wildman–Crippen LogP) is 1.01. The van der Waals surface area contributed by atoms with E-state index in [0.717, 1.165) is 0 Å². The second-order valence-corrected chi connectivity index (χ2v) is 8.94. The van der Waals surface area contributed by atoms with Gasteiger partial charge in [0.25, 0.3) is 0 Å². The average molecular weight is 463 g/mol. The first-order valence-corrected chi connectivity index (χ1v) is 11.2. The molecule has 0 unspecified atom stereocenters. The monoisotopic (exact) mass is 462 g/mol. The highest BCUT2D eigenvalue weighted by Gasteiger charge is 2.38. The maximum absolute atomic E-state index is 12.6. The molecule has 0 aromatic heterocycles. The third-order valence-corrected chi connectivity index (χ3v) is 6.04. The van der Waals surface area contributed by atoms with Gasteiger partial charge in [-0.05, 0) is 43.2 Å². The third-order valence-electron chi connectivity index (χ3n) is 4.42. The van der Waals surface area contributed by atoms with E-state index in [-0.39, 0.29) is 30.3 Å². The van der Waals surface area contributed by atoms with Crippen LogP contribution in [0.1, 0.15) is 25.3 Å². The number of amides is 1. The highest BCUT2D eigenvalue weighted by molar-refractivity contribution is 7.89. The molecule has 0 aliphatic carbocycles. The van der Waals surface area contributed by atoms with Crippen LogP contribution in [-0.2, 0) is 26.0 Å². The van der Waals surface area contributed by atoms with Gasteiger partial charge in [0.2, 0.25) is 15.9 Å². The van der Waals surface area contributed by atoms with E-state index >= 15 is 0 Å². The topological polar surface area (TPSA) is 174 Å². The summed E-state index contributed by atoms with van der Waals surface area (Å²) in [5.74, 6) is -1.51. The fraction of sp³-hybridized carbons (Fsp3) is 0.286. The molecule has 11 heteroatoms. The summed E-state index contributed by atoms with van der Waals surface area (Å²) in [7, 11) is -4.03. The summed E-state index contributed by atoms with van der Waals surface area (Å²) >= 11 is 0. The zero-order chi connectivity index (χ0) is 23.8. The molecule has 2 aromatic carbocycles. The molecule has 6 N–H and O–H groups in total. The summed E-state index contributed by atoms with van der Waals surface area (Å²) in [5.41, 5.74) is 9.10. The van der Waals surface area contributed by atoms with E-state index in [0.29, 0.717) is 17.7 Å². The summed E-state index contributed by atoms with van der Waals surface area (Å²) in [6.45, 7) is 1.57. The molecular weight excluding hydrogens is 436 g/mol. The van der Waals surface area contributed by atoms with Crippen LogP contribution in [0.2, 0.25) is 0 Å². The minimum Gasteiger partial charge on any atom is -0.494 e. The Labute approximate surface area is 186 Å². The van der Waals surface area contributed by atoms with E-state index in [2.05, 4.69) is 9.71 Å². The number of benzene rings is 2. The van der Waals surface area contributed by atoms with Crippen molar-refractivity contribution in [1.29, 1.82) is 0 Å². The maximum Gasteiger partial charge on any atom is 0.324 e. The molecule has 0 saturated heterocycles. The number of carbonyl (C=O) groups excluding carboxylic acids is 1. The number of sulfonamides is 1. The normalized spacial score (nSPS) is 13.0. The molecule has 32 heavy (non-hydrogen) atoms. The largest absolute Gasteiger partial charge is 0.494 e. The van der Waals surface area contributed by atoms with Gasteiger partial charge in [0.1, 0.15) is 11.3 Å². The number of guanidine groups is 1. The lowest BCUT2D eigenvalue weighted by Crippen LogP contribution is -2.53. The van der Waals surface area contributed by atoms with Crippen LogP contribution in [0.25, 0.3) is 0 Å². The number of nitrogens with zero attached hydrogens (tertiary/aromatic N) is 1. The molecule has 0 fully saturated rings. The van der Waals surface area contributed by atoms with Crippen molar-refractivity contribution < 1.29 is 27.9 Å². The fourth-order valence-corrected chi connectivity index (χ4v) is 4.22. The van der Waals surface area contributed by atoms with Crippen molar-refractivity contribution in [3.8, 4) is 5.75 Å². The third kappa shape index (κ3) is 7.36. The van der Waals surface area contributed by atoms with Crippen molar-refractivity contribution in [3.63, 3.8) is 0 Å². The maximum atomic E-state index is 12.6. The van der Waals surface area contributed by atoms with Crippen LogP contribution in [0.5, 0.6) is 5.75 Å². The molecule has 2 aromatic rings. The summed E-state index contributed by atoms with van der Waals surface area (Å²) in [6, 6.07) is 14.1. The number of ether oxygens (including phenoxy) is 1. The molecule has 0 saturated carbocycles. The Morgan fingerprint density at radius 2 is 1.72 bits per heavy atom. The Balaban J connectivity index is 1.99. The summed E-state index contributed by atoms with van der Waals surface area (Å²) in [6.07, 6.45) is 0.464. The second-order valence-electron chi connectivity index (χ2n) is 7.26. The lowest BCUT2D eigenvalue weighted by molar-refractivity contribution is -0.143. The van der Waals surface area contributed by atoms with E-state index in [9.17, 15) is 23.1 Å². The molecule has 0 aliphatic rings. The smallest absolute Gasteiger partial charge is 0.324 e. The molecule has 172 valence electrons. The number of carbonyl (C=O) groups is 2. The molecule has 10 nitrogen and oxygen atoms in total. The van der Waals surface area contributed by atoms with Crippen LogP contribution < -0.4 is 20.9 Å². The van der Waals surface area contributed by atoms with Crippen LogP contribution in [-0.4, -0.2) is 43.5 Å². The minimum absolute atomic E-state index is 0.0189. The molecule has 0 radical (unpaired) electrons. The number of carboxylic acids is 1. The van der Waals surface area contributed by atoms with Crippen molar-refractivity contribution in [2.45, 2.75) is 36.6 Å². The van der Waals surface area contributed by atoms with Crippen LogP contribution in [0, 0.1) is 0 Å². The van der Waals surface area contributed by atoms with Gasteiger partial charge in [0, 0.05) is 12.8 Å². The van der Waals surface area contributed by atoms with Gasteiger partial charge in [-0.3, -0.25) is 9.59 Å². The van der Waals surface area contributed by atoms with Crippen LogP contribution in [0.3, 0.4) is 0 Å². The molecule has 2 rings (SSSR count). The molecule has 0 spiro atoms. The number of aliphatic imine (C=N–C) groups is 1. The van der Waals surface area contributed by atoms with Crippen molar-refractivity contribution in [1.82, 2.24) is 4.72 Å². The number of hydrogen-bond donors (Lipinski definition) is 4.